The van der Waals surface area contributed by atoms with Gasteiger partial charge in [0.05, 0.1) is 13.2 Å². The van der Waals surface area contributed by atoms with Crippen LogP contribution in [0, 0.1) is 0 Å². The maximum absolute atomic E-state index is 6.11. The Kier molecular flexibility index (Phi) is 7.13. The Morgan fingerprint density at radius 3 is 2.50 bits per heavy atom. The van der Waals surface area contributed by atoms with Crippen LogP contribution >= 0.6 is 11.6 Å². The molecule has 2 atom stereocenters. The molecular weight excluding hydrogens is 278 g/mol. The average molecular weight is 302 g/mol. The summed E-state index contributed by atoms with van der Waals surface area (Å²) in [6.45, 7) is 4.61. The lowest BCUT2D eigenvalue weighted by Gasteiger charge is -2.21. The summed E-state index contributed by atoms with van der Waals surface area (Å²) in [5.74, 6) is 1.36. The topological polar surface area (TPSA) is 53.7 Å². The molecule has 1 aromatic carbocycles. The van der Waals surface area contributed by atoms with Gasteiger partial charge in [-0.2, -0.15) is 0 Å². The van der Waals surface area contributed by atoms with Gasteiger partial charge in [-0.1, -0.05) is 11.6 Å². The van der Waals surface area contributed by atoms with Gasteiger partial charge in [0.15, 0.2) is 11.5 Å². The highest BCUT2D eigenvalue weighted by Crippen LogP contribution is 2.36. The molecule has 20 heavy (non-hydrogen) atoms. The molecule has 2 unspecified atom stereocenters. The summed E-state index contributed by atoms with van der Waals surface area (Å²) < 4.78 is 16.4. The van der Waals surface area contributed by atoms with Crippen molar-refractivity contribution in [1.82, 2.24) is 0 Å². The third-order valence-corrected chi connectivity index (χ3v) is 3.12. The Hall–Kier alpha value is -0.970. The smallest absolute Gasteiger partial charge is 0.164 e. The Balaban J connectivity index is 3.00. The first-order chi connectivity index (χ1) is 9.47. The standard InChI is InChI=1S/C15H24ClNO3/c1-10(17)7-12-8-13(16)9-14(19-4)15(12)20-11(2)5-6-18-3/h8-11H,5-7,17H2,1-4H3. The highest BCUT2D eigenvalue weighted by molar-refractivity contribution is 6.30. The predicted octanol–water partition coefficient (Wildman–Crippen LogP) is 3.04. The van der Waals surface area contributed by atoms with Crippen molar-refractivity contribution in [3.05, 3.63) is 22.7 Å². The van der Waals surface area contributed by atoms with Crippen LogP contribution in [0.5, 0.6) is 11.5 Å². The van der Waals surface area contributed by atoms with Crippen molar-refractivity contribution < 1.29 is 14.2 Å². The molecule has 0 heterocycles. The van der Waals surface area contributed by atoms with Gasteiger partial charge in [0, 0.05) is 42.8 Å². The van der Waals surface area contributed by atoms with E-state index in [2.05, 4.69) is 0 Å². The number of ether oxygens (including phenoxy) is 3. The summed E-state index contributed by atoms with van der Waals surface area (Å²) in [4.78, 5) is 0. The Labute approximate surface area is 126 Å². The summed E-state index contributed by atoms with van der Waals surface area (Å²) in [6, 6.07) is 3.66. The van der Waals surface area contributed by atoms with E-state index >= 15 is 0 Å². The zero-order valence-corrected chi connectivity index (χ0v) is 13.4. The second-order valence-electron chi connectivity index (χ2n) is 4.99. The fourth-order valence-electron chi connectivity index (χ4n) is 1.95. The molecule has 5 heteroatoms. The van der Waals surface area contributed by atoms with E-state index in [9.17, 15) is 0 Å². The molecule has 0 spiro atoms. The predicted molar refractivity (Wildman–Crippen MR) is 81.9 cm³/mol. The van der Waals surface area contributed by atoms with Crippen LogP contribution in [0.2, 0.25) is 5.02 Å². The molecule has 1 aromatic rings. The van der Waals surface area contributed by atoms with E-state index in [1.165, 1.54) is 0 Å². The maximum Gasteiger partial charge on any atom is 0.164 e. The van der Waals surface area contributed by atoms with E-state index in [4.69, 9.17) is 31.5 Å². The van der Waals surface area contributed by atoms with E-state index in [1.807, 2.05) is 19.9 Å². The van der Waals surface area contributed by atoms with Gasteiger partial charge < -0.3 is 19.9 Å². The van der Waals surface area contributed by atoms with Gasteiger partial charge in [0.25, 0.3) is 0 Å². The normalized spacial score (nSPS) is 13.9. The molecule has 0 aliphatic carbocycles. The molecule has 0 saturated heterocycles. The molecule has 0 amide bonds. The second-order valence-corrected chi connectivity index (χ2v) is 5.42. The van der Waals surface area contributed by atoms with Crippen molar-refractivity contribution in [3.8, 4) is 11.5 Å². The van der Waals surface area contributed by atoms with Gasteiger partial charge >= 0.3 is 0 Å². The largest absolute Gasteiger partial charge is 0.493 e. The van der Waals surface area contributed by atoms with Crippen LogP contribution in [-0.4, -0.2) is 33.0 Å². The minimum atomic E-state index is 0.0230. The Bertz CT molecular complexity index is 424. The first-order valence-electron chi connectivity index (χ1n) is 6.75. The van der Waals surface area contributed by atoms with Crippen LogP contribution in [0.3, 0.4) is 0 Å². The van der Waals surface area contributed by atoms with Gasteiger partial charge in [-0.3, -0.25) is 0 Å². The van der Waals surface area contributed by atoms with Crippen LogP contribution in [-0.2, 0) is 11.2 Å². The molecule has 0 saturated carbocycles. The summed E-state index contributed by atoms with van der Waals surface area (Å²) in [5.41, 5.74) is 6.85. The molecular formula is C15H24ClNO3. The maximum atomic E-state index is 6.11. The summed E-state index contributed by atoms with van der Waals surface area (Å²) in [6.07, 6.45) is 1.51. The first kappa shape index (κ1) is 17.1. The quantitative estimate of drug-likeness (QED) is 0.802. The number of methoxy groups -OCH3 is 2. The molecule has 2 N–H and O–H groups in total. The van der Waals surface area contributed by atoms with E-state index < -0.39 is 0 Å². The molecule has 0 bridgehead atoms. The van der Waals surface area contributed by atoms with Crippen molar-refractivity contribution in [2.45, 2.75) is 38.8 Å². The molecule has 0 aromatic heterocycles. The van der Waals surface area contributed by atoms with Gasteiger partial charge in [0.2, 0.25) is 0 Å². The van der Waals surface area contributed by atoms with Crippen LogP contribution in [0.15, 0.2) is 12.1 Å². The lowest BCUT2D eigenvalue weighted by atomic mass is 10.1. The van der Waals surface area contributed by atoms with Crippen molar-refractivity contribution >= 4 is 11.6 Å². The van der Waals surface area contributed by atoms with Crippen LogP contribution in [0.4, 0.5) is 0 Å². The summed E-state index contributed by atoms with van der Waals surface area (Å²) >= 11 is 6.11. The molecule has 0 aliphatic rings. The molecule has 114 valence electrons. The van der Waals surface area contributed by atoms with Crippen molar-refractivity contribution in [2.75, 3.05) is 20.8 Å². The average Bonchev–Trinajstić information content (AvgIpc) is 2.38. The summed E-state index contributed by atoms with van der Waals surface area (Å²) in [5, 5.41) is 0.620. The van der Waals surface area contributed by atoms with Crippen LogP contribution < -0.4 is 15.2 Å². The van der Waals surface area contributed by atoms with Crippen molar-refractivity contribution in [3.63, 3.8) is 0 Å². The monoisotopic (exact) mass is 301 g/mol. The SMILES string of the molecule is COCCC(C)Oc1c(CC(C)N)cc(Cl)cc1OC. The Morgan fingerprint density at radius 2 is 1.95 bits per heavy atom. The van der Waals surface area contributed by atoms with Gasteiger partial charge in [-0.25, -0.2) is 0 Å². The number of rotatable bonds is 8. The lowest BCUT2D eigenvalue weighted by molar-refractivity contribution is 0.132. The fraction of sp³-hybridized carbons (Fsp3) is 0.600. The first-order valence-corrected chi connectivity index (χ1v) is 7.13. The third kappa shape index (κ3) is 5.19. The molecule has 0 radical (unpaired) electrons. The van der Waals surface area contributed by atoms with Gasteiger partial charge in [-0.15, -0.1) is 0 Å². The van der Waals surface area contributed by atoms with E-state index in [1.54, 1.807) is 20.3 Å². The minimum Gasteiger partial charge on any atom is -0.493 e. The molecule has 0 fully saturated rings. The number of hydrogen-bond donors (Lipinski definition) is 1. The van der Waals surface area contributed by atoms with Gasteiger partial charge in [0.1, 0.15) is 0 Å². The summed E-state index contributed by atoms with van der Waals surface area (Å²) in [7, 11) is 3.28. The number of halogens is 1. The lowest BCUT2D eigenvalue weighted by Crippen LogP contribution is -2.20. The molecule has 4 nitrogen and oxygen atoms in total. The van der Waals surface area contributed by atoms with E-state index in [-0.39, 0.29) is 12.1 Å². The van der Waals surface area contributed by atoms with Crippen LogP contribution in [0.25, 0.3) is 0 Å². The van der Waals surface area contributed by atoms with E-state index in [0.29, 0.717) is 23.8 Å². The Morgan fingerprint density at radius 1 is 1.25 bits per heavy atom. The number of benzene rings is 1. The molecule has 1 rings (SSSR count). The second kappa shape index (κ2) is 8.35. The van der Waals surface area contributed by atoms with Crippen molar-refractivity contribution in [1.29, 1.82) is 0 Å². The zero-order valence-electron chi connectivity index (χ0n) is 12.6. The van der Waals surface area contributed by atoms with Crippen molar-refractivity contribution in [2.24, 2.45) is 5.73 Å². The fourth-order valence-corrected chi connectivity index (χ4v) is 2.18. The zero-order chi connectivity index (χ0) is 15.1. The molecule has 0 aliphatic heterocycles. The third-order valence-electron chi connectivity index (χ3n) is 2.91. The van der Waals surface area contributed by atoms with E-state index in [0.717, 1.165) is 17.7 Å². The highest BCUT2D eigenvalue weighted by Gasteiger charge is 2.16. The van der Waals surface area contributed by atoms with Gasteiger partial charge in [-0.05, 0) is 26.3 Å². The highest BCUT2D eigenvalue weighted by atomic mass is 35.5. The van der Waals surface area contributed by atoms with Crippen LogP contribution in [0.1, 0.15) is 25.8 Å². The number of hydrogen-bond acceptors (Lipinski definition) is 4. The minimum absolute atomic E-state index is 0.0230. The number of nitrogens with two attached hydrogens (primary N) is 1.